The average molecular weight is 490 g/mol. The lowest BCUT2D eigenvalue weighted by Gasteiger charge is -2.30. The van der Waals surface area contributed by atoms with Gasteiger partial charge in [0.15, 0.2) is 0 Å². The van der Waals surface area contributed by atoms with E-state index in [2.05, 4.69) is 61.9 Å². The second kappa shape index (κ2) is 8.30. The molecule has 4 aromatic rings. The minimum absolute atomic E-state index is 0.0358. The molecule has 3 unspecified atom stereocenters. The van der Waals surface area contributed by atoms with Crippen LogP contribution in [0.1, 0.15) is 17.7 Å². The van der Waals surface area contributed by atoms with Crippen molar-refractivity contribution >= 4 is 33.7 Å². The van der Waals surface area contributed by atoms with Gasteiger partial charge in [0.05, 0.1) is 46.7 Å². The van der Waals surface area contributed by atoms with Crippen LogP contribution in [-0.2, 0) is 0 Å². The molecule has 0 amide bonds. The van der Waals surface area contributed by atoms with Gasteiger partial charge in [-0.25, -0.2) is 4.98 Å². The molecule has 7 rings (SSSR count). The Morgan fingerprint density at radius 1 is 0.868 bits per heavy atom. The highest BCUT2D eigenvalue weighted by Crippen LogP contribution is 2.44. The fourth-order valence-corrected chi connectivity index (χ4v) is 5.98. The summed E-state index contributed by atoms with van der Waals surface area (Å²) in [6.45, 7) is 0. The standard InChI is InChI=1S/C31H19N7/c32-14-19-9-22(37-28-7-3-1-5-24(28)26-11-20(15-33)35-17-30(26)37)13-23(10-19)38-29-8-4-2-6-25(29)27-12-21(16-34)36-18-31(27)38/h1-11,13,17-18,21,25,29H,12H2. The Bertz CT molecular complexity index is 1920. The lowest BCUT2D eigenvalue weighted by atomic mass is 9.86. The van der Waals surface area contributed by atoms with Crippen molar-refractivity contribution in [2.75, 3.05) is 4.90 Å². The summed E-state index contributed by atoms with van der Waals surface area (Å²) in [6.07, 6.45) is 12.6. The Morgan fingerprint density at radius 3 is 2.55 bits per heavy atom. The molecular weight excluding hydrogens is 470 g/mol. The molecule has 3 atom stereocenters. The molecule has 3 aliphatic rings. The summed E-state index contributed by atoms with van der Waals surface area (Å²) in [5, 5.41) is 30.9. The van der Waals surface area contributed by atoms with Crippen LogP contribution in [-0.4, -0.2) is 27.8 Å². The quantitative estimate of drug-likeness (QED) is 0.371. The molecule has 38 heavy (non-hydrogen) atoms. The van der Waals surface area contributed by atoms with Crippen molar-refractivity contribution < 1.29 is 0 Å². The molecule has 0 fully saturated rings. The first-order valence-electron chi connectivity index (χ1n) is 12.3. The number of anilines is 1. The van der Waals surface area contributed by atoms with E-state index in [-0.39, 0.29) is 18.0 Å². The Morgan fingerprint density at radius 2 is 1.71 bits per heavy atom. The van der Waals surface area contributed by atoms with E-state index in [1.54, 1.807) is 6.20 Å². The third kappa shape index (κ3) is 3.11. The van der Waals surface area contributed by atoms with Crippen LogP contribution in [0.3, 0.4) is 0 Å². The van der Waals surface area contributed by atoms with Gasteiger partial charge in [-0.3, -0.25) is 4.99 Å². The van der Waals surface area contributed by atoms with Gasteiger partial charge in [-0.1, -0.05) is 42.5 Å². The van der Waals surface area contributed by atoms with E-state index in [4.69, 9.17) is 0 Å². The molecule has 0 bridgehead atoms. The first kappa shape index (κ1) is 21.8. The number of para-hydroxylation sites is 1. The highest BCUT2D eigenvalue weighted by molar-refractivity contribution is 6.09. The van der Waals surface area contributed by atoms with Crippen LogP contribution in [0.2, 0.25) is 0 Å². The Balaban J connectivity index is 1.46. The van der Waals surface area contributed by atoms with Gasteiger partial charge in [0, 0.05) is 40.7 Å². The van der Waals surface area contributed by atoms with Crippen molar-refractivity contribution in [2.45, 2.75) is 18.5 Å². The number of benzene rings is 2. The van der Waals surface area contributed by atoms with E-state index in [0.29, 0.717) is 17.7 Å². The fraction of sp³-hybridized carbons (Fsp3) is 0.129. The van der Waals surface area contributed by atoms with Gasteiger partial charge in [0.25, 0.3) is 0 Å². The van der Waals surface area contributed by atoms with Gasteiger partial charge in [-0.15, -0.1) is 0 Å². The van der Waals surface area contributed by atoms with Crippen LogP contribution in [0.5, 0.6) is 0 Å². The second-order valence-electron chi connectivity index (χ2n) is 9.59. The van der Waals surface area contributed by atoms with Crippen molar-refractivity contribution in [3.63, 3.8) is 0 Å². The van der Waals surface area contributed by atoms with Crippen LogP contribution in [0.15, 0.2) is 95.3 Å². The predicted molar refractivity (Wildman–Crippen MR) is 146 cm³/mol. The highest BCUT2D eigenvalue weighted by Gasteiger charge is 2.41. The number of allylic oxidation sites excluding steroid dienone is 3. The number of hydrogen-bond donors (Lipinski definition) is 0. The number of nitriles is 3. The number of nitrogens with zero attached hydrogens (tertiary/aromatic N) is 7. The van der Waals surface area contributed by atoms with E-state index in [1.807, 2.05) is 54.8 Å². The van der Waals surface area contributed by atoms with E-state index in [0.717, 1.165) is 38.9 Å². The van der Waals surface area contributed by atoms with Gasteiger partial charge in [0.2, 0.25) is 0 Å². The van der Waals surface area contributed by atoms with Crippen molar-refractivity contribution in [2.24, 2.45) is 10.9 Å². The summed E-state index contributed by atoms with van der Waals surface area (Å²) in [5.74, 6) is 0.147. The van der Waals surface area contributed by atoms with Crippen LogP contribution >= 0.6 is 0 Å². The Labute approximate surface area is 218 Å². The molecule has 178 valence electrons. The Hall–Kier alpha value is -5.45. The molecule has 0 N–H and O–H groups in total. The van der Waals surface area contributed by atoms with E-state index < -0.39 is 0 Å². The minimum atomic E-state index is -0.377. The number of pyridine rings is 1. The monoisotopic (exact) mass is 489 g/mol. The van der Waals surface area contributed by atoms with E-state index in [9.17, 15) is 15.8 Å². The minimum Gasteiger partial charge on any atom is -0.332 e. The van der Waals surface area contributed by atoms with Gasteiger partial charge in [-0.05, 0) is 35.9 Å². The van der Waals surface area contributed by atoms with E-state index >= 15 is 0 Å². The molecule has 7 nitrogen and oxygen atoms in total. The molecule has 2 aliphatic heterocycles. The van der Waals surface area contributed by atoms with Gasteiger partial charge in [0.1, 0.15) is 17.8 Å². The molecule has 4 heterocycles. The van der Waals surface area contributed by atoms with Crippen molar-refractivity contribution in [1.82, 2.24) is 9.55 Å². The maximum atomic E-state index is 10.0. The number of aliphatic imine (C=N–C) groups is 1. The predicted octanol–water partition coefficient (Wildman–Crippen LogP) is 5.47. The zero-order chi connectivity index (χ0) is 25.8. The van der Waals surface area contributed by atoms with Gasteiger partial charge in [-0.2, -0.15) is 15.8 Å². The molecule has 0 radical (unpaired) electrons. The SMILES string of the molecule is N#Cc1cc(N2C3=C(CC(C#N)N=C3)C3C=CC=CC32)cc(-n2c3ccccc3c3cc(C#N)ncc32)c1. The summed E-state index contributed by atoms with van der Waals surface area (Å²) in [4.78, 5) is 11.1. The van der Waals surface area contributed by atoms with Gasteiger partial charge < -0.3 is 9.47 Å². The van der Waals surface area contributed by atoms with Crippen LogP contribution in [0.4, 0.5) is 5.69 Å². The second-order valence-corrected chi connectivity index (χ2v) is 9.59. The molecular formula is C31H19N7. The number of fused-ring (bicyclic) bond motifs is 5. The van der Waals surface area contributed by atoms with E-state index in [1.165, 1.54) is 5.57 Å². The number of dihydropyridines is 1. The number of hydrogen-bond acceptors (Lipinski definition) is 6. The fourth-order valence-electron chi connectivity index (χ4n) is 5.98. The Kier molecular flexibility index (Phi) is 4.76. The molecule has 2 aromatic carbocycles. The molecule has 7 heteroatoms. The average Bonchev–Trinajstić information content (AvgIpc) is 3.49. The van der Waals surface area contributed by atoms with Crippen molar-refractivity contribution in [3.05, 3.63) is 102 Å². The lowest BCUT2D eigenvalue weighted by Crippen LogP contribution is -2.33. The third-order valence-electron chi connectivity index (χ3n) is 7.58. The summed E-state index contributed by atoms with van der Waals surface area (Å²) >= 11 is 0. The number of rotatable bonds is 2. The maximum absolute atomic E-state index is 10.0. The largest absolute Gasteiger partial charge is 0.332 e. The van der Waals surface area contributed by atoms with Crippen LogP contribution < -0.4 is 4.90 Å². The van der Waals surface area contributed by atoms with Crippen molar-refractivity contribution in [3.8, 4) is 23.9 Å². The molecule has 0 saturated heterocycles. The summed E-state index contributed by atoms with van der Waals surface area (Å²) in [7, 11) is 0. The lowest BCUT2D eigenvalue weighted by molar-refractivity contribution is 0.645. The topological polar surface area (TPSA) is 105 Å². The molecule has 0 spiro atoms. The smallest absolute Gasteiger partial charge is 0.141 e. The summed E-state index contributed by atoms with van der Waals surface area (Å²) in [5.41, 5.74) is 6.64. The maximum Gasteiger partial charge on any atom is 0.141 e. The molecule has 2 aromatic heterocycles. The highest BCUT2D eigenvalue weighted by atomic mass is 15.2. The summed E-state index contributed by atoms with van der Waals surface area (Å²) in [6, 6.07) is 22.2. The first-order chi connectivity index (χ1) is 18.7. The normalized spacial score (nSPS) is 21.3. The van der Waals surface area contributed by atoms with Gasteiger partial charge >= 0.3 is 0 Å². The molecule has 1 aliphatic carbocycles. The third-order valence-corrected chi connectivity index (χ3v) is 7.58. The van der Waals surface area contributed by atoms with Crippen molar-refractivity contribution in [1.29, 1.82) is 15.8 Å². The first-order valence-corrected chi connectivity index (χ1v) is 12.3. The zero-order valence-electron chi connectivity index (χ0n) is 20.2. The zero-order valence-corrected chi connectivity index (χ0v) is 20.2. The summed E-state index contributed by atoms with van der Waals surface area (Å²) < 4.78 is 2.10. The number of aromatic nitrogens is 2. The van der Waals surface area contributed by atoms with Crippen LogP contribution in [0.25, 0.3) is 27.5 Å². The molecule has 0 saturated carbocycles. The van der Waals surface area contributed by atoms with Crippen LogP contribution in [0, 0.1) is 39.9 Å².